The van der Waals surface area contributed by atoms with Gasteiger partial charge in [-0.15, -0.1) is 0 Å². The van der Waals surface area contributed by atoms with Gasteiger partial charge in [0.2, 0.25) is 29.5 Å². The first-order valence-electron chi connectivity index (χ1n) is 15.4. The van der Waals surface area contributed by atoms with Crippen LogP contribution in [-0.4, -0.2) is 83.1 Å². The van der Waals surface area contributed by atoms with Crippen LogP contribution in [0.3, 0.4) is 0 Å². The number of nitrogens with zero attached hydrogens (tertiary/aromatic N) is 2. The summed E-state index contributed by atoms with van der Waals surface area (Å²) in [5.41, 5.74) is 0.865. The minimum Gasteiger partial charge on any atom is -0.342 e. The Morgan fingerprint density at radius 3 is 2.05 bits per heavy atom. The SMILES string of the molecule is CC[C@H](C)[C@H]1NC(=O)[C@H](C(C)C)NC(=O)[C@H](Cc2ccccc2)N(C)C(=O)[C@@H]2CCCN2C(=O)[C@H](CC(C)C)NC1=O. The molecule has 2 aliphatic rings. The van der Waals surface area contributed by atoms with Crippen LogP contribution < -0.4 is 16.0 Å². The number of carbonyl (C=O) groups is 5. The predicted molar refractivity (Wildman–Crippen MR) is 161 cm³/mol. The topological polar surface area (TPSA) is 128 Å². The first-order valence-corrected chi connectivity index (χ1v) is 15.4. The largest absolute Gasteiger partial charge is 0.342 e. The van der Waals surface area contributed by atoms with Crippen LogP contribution in [0.15, 0.2) is 30.3 Å². The third-order valence-electron chi connectivity index (χ3n) is 8.57. The van der Waals surface area contributed by atoms with E-state index in [4.69, 9.17) is 0 Å². The van der Waals surface area contributed by atoms with Crippen molar-refractivity contribution in [3.63, 3.8) is 0 Å². The maximum atomic E-state index is 14.0. The fourth-order valence-electron chi connectivity index (χ4n) is 5.80. The summed E-state index contributed by atoms with van der Waals surface area (Å²) in [7, 11) is 1.59. The smallest absolute Gasteiger partial charge is 0.245 e. The molecule has 42 heavy (non-hydrogen) atoms. The van der Waals surface area contributed by atoms with E-state index in [1.807, 2.05) is 71.9 Å². The van der Waals surface area contributed by atoms with Gasteiger partial charge in [0.15, 0.2) is 0 Å². The van der Waals surface area contributed by atoms with Crippen molar-refractivity contribution in [2.45, 2.75) is 104 Å². The molecule has 1 aromatic rings. The van der Waals surface area contributed by atoms with Crippen LogP contribution in [-0.2, 0) is 30.4 Å². The molecule has 10 heteroatoms. The molecule has 1 aromatic carbocycles. The molecular formula is C32H49N5O5. The van der Waals surface area contributed by atoms with E-state index in [1.165, 1.54) is 4.90 Å². The van der Waals surface area contributed by atoms with Crippen LogP contribution >= 0.6 is 0 Å². The molecule has 0 aliphatic carbocycles. The molecule has 5 amide bonds. The summed E-state index contributed by atoms with van der Waals surface area (Å²) < 4.78 is 0. The Balaban J connectivity index is 2.10. The highest BCUT2D eigenvalue weighted by atomic mass is 16.2. The number of hydrogen-bond donors (Lipinski definition) is 3. The molecule has 3 N–H and O–H groups in total. The standard InChI is InChI=1S/C32H49N5O5/c1-8-21(6)27-30(40)33-23(17-19(2)3)31(41)37-16-12-15-24(37)32(42)36(7)25(18-22-13-10-9-11-14-22)28(38)34-26(20(4)5)29(39)35-27/h9-11,13-14,19-21,23-27H,8,12,15-18H2,1-7H3,(H,33,40)(H,34,38)(H,35,39)/t21-,23-,24-,25-,26-,27+/m0/s1. The van der Waals surface area contributed by atoms with E-state index in [1.54, 1.807) is 11.9 Å². The monoisotopic (exact) mass is 583 g/mol. The van der Waals surface area contributed by atoms with Gasteiger partial charge in [0, 0.05) is 20.0 Å². The second-order valence-corrected chi connectivity index (χ2v) is 12.6. The van der Waals surface area contributed by atoms with Crippen molar-refractivity contribution in [2.24, 2.45) is 17.8 Å². The molecule has 10 nitrogen and oxygen atoms in total. The van der Waals surface area contributed by atoms with Crippen molar-refractivity contribution in [1.29, 1.82) is 0 Å². The first-order chi connectivity index (χ1) is 19.8. The van der Waals surface area contributed by atoms with Crippen molar-refractivity contribution in [3.05, 3.63) is 35.9 Å². The molecule has 0 saturated carbocycles. The van der Waals surface area contributed by atoms with Crippen LogP contribution in [0.25, 0.3) is 0 Å². The molecule has 3 rings (SSSR count). The molecule has 0 aromatic heterocycles. The van der Waals surface area contributed by atoms with E-state index in [2.05, 4.69) is 16.0 Å². The molecule has 2 fully saturated rings. The Bertz CT molecular complexity index is 1120. The number of fused-ring (bicyclic) bond motifs is 1. The molecule has 0 radical (unpaired) electrons. The van der Waals surface area contributed by atoms with Gasteiger partial charge in [0.25, 0.3) is 0 Å². The lowest BCUT2D eigenvalue weighted by Crippen LogP contribution is -2.60. The highest BCUT2D eigenvalue weighted by Crippen LogP contribution is 2.24. The second-order valence-electron chi connectivity index (χ2n) is 12.6. The van der Waals surface area contributed by atoms with E-state index < -0.39 is 47.9 Å². The van der Waals surface area contributed by atoms with Crippen molar-refractivity contribution < 1.29 is 24.0 Å². The van der Waals surface area contributed by atoms with Crippen molar-refractivity contribution >= 4 is 29.5 Å². The van der Waals surface area contributed by atoms with Crippen molar-refractivity contribution in [1.82, 2.24) is 25.8 Å². The number of benzene rings is 1. The quantitative estimate of drug-likeness (QED) is 0.454. The van der Waals surface area contributed by atoms with E-state index in [0.717, 1.165) is 5.56 Å². The lowest BCUT2D eigenvalue weighted by Gasteiger charge is -2.34. The van der Waals surface area contributed by atoms with Gasteiger partial charge in [-0.25, -0.2) is 0 Å². The summed E-state index contributed by atoms with van der Waals surface area (Å²) in [5.74, 6) is -2.43. The average molecular weight is 584 g/mol. The number of likely N-dealkylation sites (N-methyl/N-ethyl adjacent to an activating group) is 1. The lowest BCUT2D eigenvalue weighted by atomic mass is 9.95. The van der Waals surface area contributed by atoms with Crippen LogP contribution in [0.2, 0.25) is 0 Å². The number of hydrogen-bond acceptors (Lipinski definition) is 5. The highest BCUT2D eigenvalue weighted by Gasteiger charge is 2.43. The molecule has 6 atom stereocenters. The van der Waals surface area contributed by atoms with E-state index in [0.29, 0.717) is 32.2 Å². The number of nitrogens with one attached hydrogen (secondary N) is 3. The molecule has 0 spiro atoms. The summed E-state index contributed by atoms with van der Waals surface area (Å²) in [6.07, 6.45) is 2.38. The highest BCUT2D eigenvalue weighted by molar-refractivity contribution is 5.98. The van der Waals surface area contributed by atoms with Gasteiger partial charge >= 0.3 is 0 Å². The van der Waals surface area contributed by atoms with Crippen LogP contribution in [0.4, 0.5) is 0 Å². The molecular weight excluding hydrogens is 534 g/mol. The normalized spacial score (nSPS) is 27.3. The predicted octanol–water partition coefficient (Wildman–Crippen LogP) is 2.26. The Morgan fingerprint density at radius 1 is 0.833 bits per heavy atom. The zero-order valence-corrected chi connectivity index (χ0v) is 26.2. The number of rotatable bonds is 7. The summed E-state index contributed by atoms with van der Waals surface area (Å²) in [6.45, 7) is 11.8. The Hall–Kier alpha value is -3.43. The van der Waals surface area contributed by atoms with Crippen LogP contribution in [0, 0.1) is 17.8 Å². The average Bonchev–Trinajstić information content (AvgIpc) is 3.44. The van der Waals surface area contributed by atoms with Crippen molar-refractivity contribution in [2.75, 3.05) is 13.6 Å². The fraction of sp³-hybridized carbons (Fsp3) is 0.656. The number of carbonyl (C=O) groups excluding carboxylic acids is 5. The molecule has 0 unspecified atom stereocenters. The molecule has 2 aliphatic heterocycles. The molecule has 232 valence electrons. The Morgan fingerprint density at radius 2 is 1.45 bits per heavy atom. The van der Waals surface area contributed by atoms with Crippen LogP contribution in [0.5, 0.6) is 0 Å². The first kappa shape index (κ1) is 33.1. The van der Waals surface area contributed by atoms with Gasteiger partial charge in [0.1, 0.15) is 30.2 Å². The van der Waals surface area contributed by atoms with Gasteiger partial charge in [-0.3, -0.25) is 24.0 Å². The summed E-state index contributed by atoms with van der Waals surface area (Å²) in [6, 6.07) is 5.09. The van der Waals surface area contributed by atoms with E-state index in [9.17, 15) is 24.0 Å². The second kappa shape index (κ2) is 14.6. The zero-order valence-electron chi connectivity index (χ0n) is 26.2. The van der Waals surface area contributed by atoms with Gasteiger partial charge in [-0.05, 0) is 42.6 Å². The minimum atomic E-state index is -0.931. The Labute approximate surface area is 250 Å². The molecule has 0 bridgehead atoms. The lowest BCUT2D eigenvalue weighted by molar-refractivity contribution is -0.148. The van der Waals surface area contributed by atoms with Gasteiger partial charge < -0.3 is 25.8 Å². The maximum Gasteiger partial charge on any atom is 0.245 e. The minimum absolute atomic E-state index is 0.0970. The molecule has 2 saturated heterocycles. The van der Waals surface area contributed by atoms with E-state index >= 15 is 0 Å². The van der Waals surface area contributed by atoms with Gasteiger partial charge in [0.05, 0.1) is 0 Å². The third kappa shape index (κ3) is 7.89. The van der Waals surface area contributed by atoms with Gasteiger partial charge in [-0.1, -0.05) is 78.3 Å². The van der Waals surface area contributed by atoms with E-state index in [-0.39, 0.29) is 36.0 Å². The molecule has 2 heterocycles. The summed E-state index contributed by atoms with van der Waals surface area (Å²) in [5, 5.41) is 8.71. The van der Waals surface area contributed by atoms with Crippen LogP contribution in [0.1, 0.15) is 72.8 Å². The van der Waals surface area contributed by atoms with Crippen molar-refractivity contribution in [3.8, 4) is 0 Å². The Kier molecular flexibility index (Phi) is 11.5. The zero-order chi connectivity index (χ0) is 31.1. The van der Waals surface area contributed by atoms with Gasteiger partial charge in [-0.2, -0.15) is 0 Å². The number of amides is 5. The maximum absolute atomic E-state index is 14.0. The third-order valence-corrected chi connectivity index (χ3v) is 8.57. The fourth-order valence-corrected chi connectivity index (χ4v) is 5.80. The summed E-state index contributed by atoms with van der Waals surface area (Å²) >= 11 is 0. The summed E-state index contributed by atoms with van der Waals surface area (Å²) in [4.78, 5) is 72.2.